The minimum Gasteiger partial charge on any atom is -0.756 e. The van der Waals surface area contributed by atoms with Crippen molar-refractivity contribution >= 4 is 13.7 Å². The molecule has 2 N–H and O–H groups in total. The average Bonchev–Trinajstić information content (AvgIpc) is 3.17. The lowest BCUT2D eigenvalue weighted by molar-refractivity contribution is -0.870. The fourth-order valence-electron chi connectivity index (χ4n) is 7.05. The van der Waals surface area contributed by atoms with Crippen molar-refractivity contribution in [2.45, 2.75) is 231 Å². The van der Waals surface area contributed by atoms with Gasteiger partial charge < -0.3 is 28.8 Å². The van der Waals surface area contributed by atoms with E-state index >= 15 is 0 Å². The Morgan fingerprint density at radius 3 is 1.53 bits per heavy atom. The molecule has 3 atom stereocenters. The number of likely N-dealkylation sites (N-methyl/N-ethyl adjacent to an activating group) is 1. The van der Waals surface area contributed by atoms with Crippen molar-refractivity contribution in [1.29, 1.82) is 0 Å². The third kappa shape index (κ3) is 42.8. The lowest BCUT2D eigenvalue weighted by atomic mass is 10.0. The highest BCUT2D eigenvalue weighted by Gasteiger charge is 2.24. The van der Waals surface area contributed by atoms with Gasteiger partial charge in [-0.3, -0.25) is 9.36 Å². The molecule has 0 rings (SSSR count). The maximum atomic E-state index is 12.9. The van der Waals surface area contributed by atoms with Crippen LogP contribution in [0.15, 0.2) is 36.5 Å². The molecule has 8 nitrogen and oxygen atoms in total. The molecule has 9 heteroatoms. The molecule has 0 radical (unpaired) electrons. The van der Waals surface area contributed by atoms with Crippen molar-refractivity contribution < 1.29 is 32.9 Å². The molecular formula is C49H95N2O6P. The van der Waals surface area contributed by atoms with E-state index in [4.69, 9.17) is 9.05 Å². The highest BCUT2D eigenvalue weighted by atomic mass is 31.2. The molecule has 0 aliphatic carbocycles. The Bertz CT molecular complexity index is 1040. The number of carbonyl (C=O) groups excluding carboxylic acids is 1. The highest BCUT2D eigenvalue weighted by molar-refractivity contribution is 7.45. The standard InChI is InChI=1S/C49H95N2O6P/c1-6-8-10-12-14-16-18-20-22-24-25-27-28-30-32-34-36-38-40-42-48(52)47(46-57-58(54,55)56-45-44-51(3,4)5)50-49(53)43-41-39-37-35-33-31-29-26-23-21-19-17-15-13-11-9-7-2/h9,11,15,17,21,23,47-48,52H,6-8,10,12-14,16,18-20,22,24-46H2,1-5H3,(H-,50,53,54,55)/b11-9-,17-15-,23-21-. The van der Waals surface area contributed by atoms with E-state index < -0.39 is 20.0 Å². The summed E-state index contributed by atoms with van der Waals surface area (Å²) < 4.78 is 23.3. The van der Waals surface area contributed by atoms with Crippen LogP contribution in [0.4, 0.5) is 0 Å². The van der Waals surface area contributed by atoms with Crippen molar-refractivity contribution in [2.75, 3.05) is 40.9 Å². The molecule has 0 saturated carbocycles. The summed E-state index contributed by atoms with van der Waals surface area (Å²) in [6.07, 6.45) is 50.0. The number of quaternary nitrogens is 1. The third-order valence-electron chi connectivity index (χ3n) is 10.9. The van der Waals surface area contributed by atoms with Crippen LogP contribution in [0.2, 0.25) is 0 Å². The summed E-state index contributed by atoms with van der Waals surface area (Å²) in [5.41, 5.74) is 0. The maximum Gasteiger partial charge on any atom is 0.268 e. The monoisotopic (exact) mass is 839 g/mol. The van der Waals surface area contributed by atoms with E-state index in [1.54, 1.807) is 0 Å². The molecule has 0 aromatic rings. The summed E-state index contributed by atoms with van der Waals surface area (Å²) in [4.78, 5) is 25.4. The van der Waals surface area contributed by atoms with Gasteiger partial charge in [0.25, 0.3) is 7.82 Å². The Labute approximate surface area is 359 Å². The summed E-state index contributed by atoms with van der Waals surface area (Å²) in [6.45, 7) is 4.61. The Morgan fingerprint density at radius 2 is 1.05 bits per heavy atom. The summed E-state index contributed by atoms with van der Waals surface area (Å²) in [6, 6.07) is -0.805. The molecular weight excluding hydrogens is 744 g/mol. The Balaban J connectivity index is 4.31. The van der Waals surface area contributed by atoms with Crippen LogP contribution < -0.4 is 10.2 Å². The predicted molar refractivity (Wildman–Crippen MR) is 247 cm³/mol. The van der Waals surface area contributed by atoms with E-state index in [-0.39, 0.29) is 19.1 Å². The Kier molecular flexibility index (Phi) is 40.2. The topological polar surface area (TPSA) is 108 Å². The summed E-state index contributed by atoms with van der Waals surface area (Å²) in [5.74, 6) is -0.174. The van der Waals surface area contributed by atoms with Crippen LogP contribution in [0.5, 0.6) is 0 Å². The zero-order valence-corrected chi connectivity index (χ0v) is 39.6. The van der Waals surface area contributed by atoms with Gasteiger partial charge in [0.2, 0.25) is 5.91 Å². The van der Waals surface area contributed by atoms with Crippen LogP contribution in [0.25, 0.3) is 0 Å². The third-order valence-corrected chi connectivity index (χ3v) is 11.9. The van der Waals surface area contributed by atoms with Gasteiger partial charge in [0.15, 0.2) is 0 Å². The number of aliphatic hydroxyl groups is 1. The van der Waals surface area contributed by atoms with Gasteiger partial charge in [-0.25, -0.2) is 0 Å². The second-order valence-electron chi connectivity index (χ2n) is 17.8. The minimum absolute atomic E-state index is 0.00963. The molecule has 0 bridgehead atoms. The van der Waals surface area contributed by atoms with Gasteiger partial charge in [-0.2, -0.15) is 0 Å². The van der Waals surface area contributed by atoms with E-state index in [2.05, 4.69) is 55.6 Å². The van der Waals surface area contributed by atoms with Crippen LogP contribution >= 0.6 is 7.82 Å². The van der Waals surface area contributed by atoms with Crippen LogP contribution in [0.1, 0.15) is 219 Å². The molecule has 0 aliphatic heterocycles. The van der Waals surface area contributed by atoms with Gasteiger partial charge in [-0.1, -0.05) is 204 Å². The minimum atomic E-state index is -4.57. The normalized spacial score (nSPS) is 14.5. The highest BCUT2D eigenvalue weighted by Crippen LogP contribution is 2.38. The number of amides is 1. The molecule has 0 aromatic heterocycles. The molecule has 3 unspecified atom stereocenters. The molecule has 0 saturated heterocycles. The first kappa shape index (κ1) is 56.7. The van der Waals surface area contributed by atoms with E-state index in [1.165, 1.54) is 128 Å². The number of aliphatic hydroxyl groups excluding tert-OH is 1. The molecule has 342 valence electrons. The van der Waals surface area contributed by atoms with Gasteiger partial charge in [0.05, 0.1) is 39.9 Å². The summed E-state index contributed by atoms with van der Waals surface area (Å²) in [5, 5.41) is 14.0. The first-order valence-electron chi connectivity index (χ1n) is 24.3. The van der Waals surface area contributed by atoms with Crippen molar-refractivity contribution in [3.63, 3.8) is 0 Å². The van der Waals surface area contributed by atoms with E-state index in [9.17, 15) is 19.4 Å². The second-order valence-corrected chi connectivity index (χ2v) is 19.2. The zero-order valence-electron chi connectivity index (χ0n) is 38.8. The number of carbonyl (C=O) groups is 1. The number of phosphoric acid groups is 1. The van der Waals surface area contributed by atoms with Crippen LogP contribution in [-0.2, 0) is 18.4 Å². The van der Waals surface area contributed by atoms with Crippen molar-refractivity contribution in [2.24, 2.45) is 0 Å². The van der Waals surface area contributed by atoms with Gasteiger partial charge >= 0.3 is 0 Å². The smallest absolute Gasteiger partial charge is 0.268 e. The van der Waals surface area contributed by atoms with E-state index in [1.807, 2.05) is 21.1 Å². The summed E-state index contributed by atoms with van der Waals surface area (Å²) in [7, 11) is 1.30. The molecule has 1 amide bonds. The number of phosphoric ester groups is 1. The number of nitrogens with one attached hydrogen (secondary N) is 1. The molecule has 0 aromatic carbocycles. The lowest BCUT2D eigenvalue weighted by Gasteiger charge is -2.30. The van der Waals surface area contributed by atoms with Crippen molar-refractivity contribution in [3.05, 3.63) is 36.5 Å². The largest absolute Gasteiger partial charge is 0.756 e. The lowest BCUT2D eigenvalue weighted by Crippen LogP contribution is -2.46. The number of rotatable bonds is 44. The van der Waals surface area contributed by atoms with Gasteiger partial charge in [-0.05, 0) is 44.9 Å². The quantitative estimate of drug-likeness (QED) is 0.0274. The molecule has 0 heterocycles. The molecule has 0 fully saturated rings. The fourth-order valence-corrected chi connectivity index (χ4v) is 7.78. The van der Waals surface area contributed by atoms with Gasteiger partial charge in [-0.15, -0.1) is 0 Å². The number of hydrogen-bond donors (Lipinski definition) is 2. The Hall–Kier alpha value is -1.28. The van der Waals surface area contributed by atoms with Gasteiger partial charge in [0, 0.05) is 6.42 Å². The predicted octanol–water partition coefficient (Wildman–Crippen LogP) is 13.2. The average molecular weight is 839 g/mol. The fraction of sp³-hybridized carbons (Fsp3) is 0.857. The second kappa shape index (κ2) is 41.1. The molecule has 58 heavy (non-hydrogen) atoms. The molecule has 0 spiro atoms. The number of unbranched alkanes of at least 4 members (excludes halogenated alkanes) is 25. The van der Waals surface area contributed by atoms with E-state index in [0.29, 0.717) is 23.9 Å². The van der Waals surface area contributed by atoms with Crippen LogP contribution in [0.3, 0.4) is 0 Å². The SMILES string of the molecule is CC/C=C\C/C=C\C/C=C\CCCCCCCCCC(=O)NC(COP(=O)([O-])OCC[N+](C)(C)C)C(O)CCCCCCCCCCCCCCCCCCCCC. The number of hydrogen-bond acceptors (Lipinski definition) is 6. The van der Waals surface area contributed by atoms with Crippen LogP contribution in [0, 0.1) is 0 Å². The maximum absolute atomic E-state index is 12.9. The Morgan fingerprint density at radius 1 is 0.621 bits per heavy atom. The first-order valence-corrected chi connectivity index (χ1v) is 25.8. The number of allylic oxidation sites excluding steroid dienone is 6. The van der Waals surface area contributed by atoms with Crippen LogP contribution in [-0.4, -0.2) is 68.5 Å². The number of nitrogens with zero attached hydrogens (tertiary/aromatic N) is 1. The van der Waals surface area contributed by atoms with Crippen molar-refractivity contribution in [1.82, 2.24) is 5.32 Å². The van der Waals surface area contributed by atoms with E-state index in [0.717, 1.165) is 64.2 Å². The zero-order chi connectivity index (χ0) is 42.8. The first-order chi connectivity index (χ1) is 28.0. The molecule has 0 aliphatic rings. The van der Waals surface area contributed by atoms with Gasteiger partial charge in [0.1, 0.15) is 13.2 Å². The van der Waals surface area contributed by atoms with Crippen molar-refractivity contribution in [3.8, 4) is 0 Å². The summed E-state index contributed by atoms with van der Waals surface area (Å²) >= 11 is 0.